The van der Waals surface area contributed by atoms with Gasteiger partial charge in [0.25, 0.3) is 5.88 Å². The van der Waals surface area contributed by atoms with Crippen LogP contribution in [-0.2, 0) is 0 Å². The number of hydrogen-bond acceptors (Lipinski definition) is 6. The molecule has 1 aliphatic carbocycles. The van der Waals surface area contributed by atoms with E-state index in [1.807, 2.05) is 0 Å². The number of aromatic nitrogens is 2. The van der Waals surface area contributed by atoms with E-state index in [4.69, 9.17) is 4.74 Å². The molecule has 0 atom stereocenters. The van der Waals surface area contributed by atoms with Crippen LogP contribution in [-0.4, -0.2) is 28.0 Å². The van der Waals surface area contributed by atoms with Crippen LogP contribution in [0.4, 0.5) is 11.5 Å². The number of nitro groups is 1. The number of nitrogens with one attached hydrogen (secondary N) is 1. The molecule has 1 saturated carbocycles. The van der Waals surface area contributed by atoms with Crippen molar-refractivity contribution in [1.82, 2.24) is 9.97 Å². The van der Waals surface area contributed by atoms with Crippen LogP contribution in [0, 0.1) is 16.0 Å². The van der Waals surface area contributed by atoms with E-state index in [9.17, 15) is 10.1 Å². The molecule has 0 unspecified atom stereocenters. The number of anilines is 1. The zero-order chi connectivity index (χ0) is 15.2. The average molecular weight is 294 g/mol. The molecule has 0 spiro atoms. The van der Waals surface area contributed by atoms with E-state index in [1.165, 1.54) is 39.1 Å². The maximum absolute atomic E-state index is 11.2. The first kappa shape index (κ1) is 15.5. The maximum atomic E-state index is 11.2. The minimum Gasteiger partial charge on any atom is -0.476 e. The lowest BCUT2D eigenvalue weighted by atomic mass is 9.83. The van der Waals surface area contributed by atoms with Crippen molar-refractivity contribution < 1.29 is 9.66 Å². The smallest absolute Gasteiger partial charge is 0.372 e. The van der Waals surface area contributed by atoms with E-state index < -0.39 is 4.92 Å². The first-order valence-corrected chi connectivity index (χ1v) is 7.45. The molecule has 0 amide bonds. The summed E-state index contributed by atoms with van der Waals surface area (Å²) in [6.07, 6.45) is 8.16. The average Bonchev–Trinajstić information content (AvgIpc) is 2.49. The fraction of sp³-hybridized carbons (Fsp3) is 0.714. The van der Waals surface area contributed by atoms with Gasteiger partial charge in [0.2, 0.25) is 5.82 Å². The summed E-state index contributed by atoms with van der Waals surface area (Å²) >= 11 is 0. The summed E-state index contributed by atoms with van der Waals surface area (Å²) in [5, 5.41) is 14.4. The third-order valence-corrected chi connectivity index (χ3v) is 4.05. The van der Waals surface area contributed by atoms with E-state index in [0.29, 0.717) is 0 Å². The molecule has 0 aromatic carbocycles. The van der Waals surface area contributed by atoms with Gasteiger partial charge in [0.05, 0.1) is 12.0 Å². The van der Waals surface area contributed by atoms with Crippen LogP contribution in [0.25, 0.3) is 0 Å². The van der Waals surface area contributed by atoms with Crippen LogP contribution in [0.1, 0.15) is 45.4 Å². The highest BCUT2D eigenvalue weighted by Gasteiger charge is 2.27. The number of ether oxygens (including phenoxy) is 1. The van der Waals surface area contributed by atoms with Crippen molar-refractivity contribution in [3.05, 3.63) is 16.4 Å². The maximum Gasteiger partial charge on any atom is 0.372 e. The third-order valence-electron chi connectivity index (χ3n) is 4.05. The van der Waals surface area contributed by atoms with Gasteiger partial charge < -0.3 is 10.1 Å². The molecule has 1 aromatic heterocycles. The topological polar surface area (TPSA) is 90.2 Å². The lowest BCUT2D eigenvalue weighted by Gasteiger charge is -2.29. The SMILES string of the molecule is CCCC1CCC(Nc2ncnc(OC)c2[N+](=O)[O-])CC1. The normalized spacial score (nSPS) is 21.8. The second-order valence-electron chi connectivity index (χ2n) is 5.49. The van der Waals surface area contributed by atoms with E-state index in [0.717, 1.165) is 18.8 Å². The van der Waals surface area contributed by atoms with Crippen LogP contribution in [0.2, 0.25) is 0 Å². The van der Waals surface area contributed by atoms with Crippen molar-refractivity contribution in [3.63, 3.8) is 0 Å². The second kappa shape index (κ2) is 7.19. The molecular weight excluding hydrogens is 272 g/mol. The van der Waals surface area contributed by atoms with Crippen LogP contribution in [0.5, 0.6) is 5.88 Å². The fourth-order valence-corrected chi connectivity index (χ4v) is 2.98. The minimum absolute atomic E-state index is 0.00262. The highest BCUT2D eigenvalue weighted by Crippen LogP contribution is 2.34. The predicted molar refractivity (Wildman–Crippen MR) is 79.5 cm³/mol. The Labute approximate surface area is 124 Å². The Bertz CT molecular complexity index is 487. The van der Waals surface area contributed by atoms with Gasteiger partial charge in [0, 0.05) is 6.04 Å². The molecular formula is C14H22N4O3. The van der Waals surface area contributed by atoms with Gasteiger partial charge in [0.15, 0.2) is 0 Å². The molecule has 116 valence electrons. The molecule has 0 bridgehead atoms. The molecule has 1 aromatic rings. The highest BCUT2D eigenvalue weighted by molar-refractivity contribution is 5.61. The largest absolute Gasteiger partial charge is 0.476 e. The summed E-state index contributed by atoms with van der Waals surface area (Å²) in [6, 6.07) is 0.233. The minimum atomic E-state index is -0.496. The molecule has 21 heavy (non-hydrogen) atoms. The molecule has 0 saturated heterocycles. The molecule has 2 rings (SSSR count). The second-order valence-corrected chi connectivity index (χ2v) is 5.49. The quantitative estimate of drug-likeness (QED) is 0.640. The van der Waals surface area contributed by atoms with Gasteiger partial charge >= 0.3 is 5.69 Å². The summed E-state index contributed by atoms with van der Waals surface area (Å²) in [5.74, 6) is 1.05. The van der Waals surface area contributed by atoms with Crippen molar-refractivity contribution in [3.8, 4) is 5.88 Å². The van der Waals surface area contributed by atoms with Crippen LogP contribution >= 0.6 is 0 Å². The summed E-state index contributed by atoms with van der Waals surface area (Å²) in [6.45, 7) is 2.21. The van der Waals surface area contributed by atoms with E-state index >= 15 is 0 Å². The van der Waals surface area contributed by atoms with Crippen molar-refractivity contribution in [1.29, 1.82) is 0 Å². The van der Waals surface area contributed by atoms with Crippen LogP contribution < -0.4 is 10.1 Å². The van der Waals surface area contributed by atoms with E-state index in [1.54, 1.807) is 0 Å². The zero-order valence-corrected chi connectivity index (χ0v) is 12.5. The van der Waals surface area contributed by atoms with Gasteiger partial charge in [-0.15, -0.1) is 0 Å². The van der Waals surface area contributed by atoms with Gasteiger partial charge in [-0.05, 0) is 31.6 Å². The number of nitrogens with zero attached hydrogens (tertiary/aromatic N) is 3. The third kappa shape index (κ3) is 3.80. The Morgan fingerprint density at radius 2 is 2.10 bits per heavy atom. The molecule has 1 heterocycles. The summed E-state index contributed by atoms with van der Waals surface area (Å²) in [4.78, 5) is 18.5. The van der Waals surface area contributed by atoms with Crippen molar-refractivity contribution >= 4 is 11.5 Å². The Kier molecular flexibility index (Phi) is 5.30. The van der Waals surface area contributed by atoms with E-state index in [2.05, 4.69) is 22.2 Å². The predicted octanol–water partition coefficient (Wildman–Crippen LogP) is 3.16. The molecule has 7 heteroatoms. The highest BCUT2D eigenvalue weighted by atomic mass is 16.6. The molecule has 0 radical (unpaired) electrons. The lowest BCUT2D eigenvalue weighted by molar-refractivity contribution is -0.385. The van der Waals surface area contributed by atoms with Gasteiger partial charge in [-0.25, -0.2) is 4.98 Å². The molecule has 0 aliphatic heterocycles. The molecule has 1 fully saturated rings. The first-order valence-electron chi connectivity index (χ1n) is 7.45. The standard InChI is InChI=1S/C14H22N4O3/c1-3-4-10-5-7-11(8-6-10)17-13-12(18(19)20)14(21-2)16-9-15-13/h9-11H,3-8H2,1-2H3,(H,15,16,17). The van der Waals surface area contributed by atoms with Crippen molar-refractivity contribution in [2.24, 2.45) is 5.92 Å². The van der Waals surface area contributed by atoms with Gasteiger partial charge in [-0.2, -0.15) is 4.98 Å². The summed E-state index contributed by atoms with van der Waals surface area (Å²) in [7, 11) is 1.37. The zero-order valence-electron chi connectivity index (χ0n) is 12.5. The number of hydrogen-bond donors (Lipinski definition) is 1. The van der Waals surface area contributed by atoms with Gasteiger partial charge in [-0.3, -0.25) is 10.1 Å². The van der Waals surface area contributed by atoms with Crippen LogP contribution in [0.15, 0.2) is 6.33 Å². The Morgan fingerprint density at radius 1 is 1.38 bits per heavy atom. The fourth-order valence-electron chi connectivity index (χ4n) is 2.98. The van der Waals surface area contributed by atoms with Gasteiger partial charge in [0.1, 0.15) is 6.33 Å². The Morgan fingerprint density at radius 3 is 2.67 bits per heavy atom. The lowest BCUT2D eigenvalue weighted by Crippen LogP contribution is -2.27. The number of rotatable bonds is 6. The number of methoxy groups -OCH3 is 1. The van der Waals surface area contributed by atoms with Gasteiger partial charge in [-0.1, -0.05) is 19.8 Å². The summed E-state index contributed by atoms with van der Waals surface area (Å²) < 4.78 is 4.95. The summed E-state index contributed by atoms with van der Waals surface area (Å²) in [5.41, 5.74) is -0.185. The van der Waals surface area contributed by atoms with Crippen LogP contribution in [0.3, 0.4) is 0 Å². The molecule has 1 aliphatic rings. The molecule has 7 nitrogen and oxygen atoms in total. The molecule has 1 N–H and O–H groups in total. The monoisotopic (exact) mass is 294 g/mol. The van der Waals surface area contributed by atoms with Crippen molar-refractivity contribution in [2.45, 2.75) is 51.5 Å². The Balaban J connectivity index is 2.05. The van der Waals surface area contributed by atoms with Crippen molar-refractivity contribution in [2.75, 3.05) is 12.4 Å². The first-order chi connectivity index (χ1) is 10.2. The Hall–Kier alpha value is -1.92. The van der Waals surface area contributed by atoms with E-state index in [-0.39, 0.29) is 23.4 Å².